The summed E-state index contributed by atoms with van der Waals surface area (Å²) in [5, 5.41) is 14.8. The fourth-order valence-electron chi connectivity index (χ4n) is 1.82. The van der Waals surface area contributed by atoms with Gasteiger partial charge >= 0.3 is 11.9 Å². The smallest absolute Gasteiger partial charge is 0.414 e. The number of carbonyl (C=O) groups is 4. The SMILES string of the molecule is CCN(CC)CCN(C)C(=O)C(=O)c1ccccc1.O=C(O)C(=O)O. The minimum atomic E-state index is -1.82. The van der Waals surface area contributed by atoms with Gasteiger partial charge in [-0.2, -0.15) is 0 Å². The molecule has 1 aromatic carbocycles. The Bertz CT molecular complexity index is 572. The van der Waals surface area contributed by atoms with Gasteiger partial charge < -0.3 is 20.0 Å². The van der Waals surface area contributed by atoms with E-state index in [1.54, 1.807) is 31.3 Å². The van der Waals surface area contributed by atoms with E-state index in [1.807, 2.05) is 6.07 Å². The maximum atomic E-state index is 12.0. The Labute approximate surface area is 146 Å². The van der Waals surface area contributed by atoms with Crippen molar-refractivity contribution in [3.8, 4) is 0 Å². The van der Waals surface area contributed by atoms with Crippen LogP contribution >= 0.6 is 0 Å². The van der Waals surface area contributed by atoms with Crippen LogP contribution in [0.3, 0.4) is 0 Å². The van der Waals surface area contributed by atoms with Crippen molar-refractivity contribution in [1.29, 1.82) is 0 Å². The number of likely N-dealkylation sites (N-methyl/N-ethyl adjacent to an activating group) is 2. The second-order valence-electron chi connectivity index (χ2n) is 5.06. The van der Waals surface area contributed by atoms with Crippen LogP contribution in [0.4, 0.5) is 0 Å². The number of nitrogens with zero attached hydrogens (tertiary/aromatic N) is 2. The number of benzene rings is 1. The normalized spacial score (nSPS) is 9.76. The van der Waals surface area contributed by atoms with Crippen molar-refractivity contribution in [3.63, 3.8) is 0 Å². The van der Waals surface area contributed by atoms with Crippen molar-refractivity contribution in [3.05, 3.63) is 35.9 Å². The molecule has 1 rings (SSSR count). The molecule has 0 radical (unpaired) electrons. The summed E-state index contributed by atoms with van der Waals surface area (Å²) in [7, 11) is 1.67. The zero-order valence-electron chi connectivity index (χ0n) is 14.6. The number of amides is 1. The molecule has 8 nitrogen and oxygen atoms in total. The zero-order valence-corrected chi connectivity index (χ0v) is 14.6. The molecule has 0 aliphatic rings. The van der Waals surface area contributed by atoms with Crippen molar-refractivity contribution in [2.75, 3.05) is 33.2 Å². The quantitative estimate of drug-likeness (QED) is 0.551. The van der Waals surface area contributed by atoms with Gasteiger partial charge in [-0.25, -0.2) is 9.59 Å². The van der Waals surface area contributed by atoms with E-state index in [-0.39, 0.29) is 0 Å². The third-order valence-corrected chi connectivity index (χ3v) is 3.41. The molecule has 0 heterocycles. The van der Waals surface area contributed by atoms with Gasteiger partial charge in [0.05, 0.1) is 0 Å². The maximum absolute atomic E-state index is 12.0. The lowest BCUT2D eigenvalue weighted by molar-refractivity contribution is -0.159. The van der Waals surface area contributed by atoms with Gasteiger partial charge in [0.1, 0.15) is 0 Å². The first-order valence-electron chi connectivity index (χ1n) is 7.77. The highest BCUT2D eigenvalue weighted by Gasteiger charge is 2.20. The lowest BCUT2D eigenvalue weighted by Gasteiger charge is -2.22. The van der Waals surface area contributed by atoms with E-state index >= 15 is 0 Å². The highest BCUT2D eigenvalue weighted by molar-refractivity contribution is 6.42. The summed E-state index contributed by atoms with van der Waals surface area (Å²) in [6.07, 6.45) is 0. The largest absolute Gasteiger partial charge is 0.473 e. The molecule has 0 fully saturated rings. The van der Waals surface area contributed by atoms with Crippen LogP contribution in [0.5, 0.6) is 0 Å². The first-order valence-corrected chi connectivity index (χ1v) is 7.77. The molecule has 0 aromatic heterocycles. The predicted molar refractivity (Wildman–Crippen MR) is 91.5 cm³/mol. The molecule has 0 bridgehead atoms. The van der Waals surface area contributed by atoms with Crippen LogP contribution in [0.25, 0.3) is 0 Å². The van der Waals surface area contributed by atoms with E-state index in [9.17, 15) is 9.59 Å². The third-order valence-electron chi connectivity index (χ3n) is 3.41. The van der Waals surface area contributed by atoms with E-state index in [2.05, 4.69) is 18.7 Å². The first-order chi connectivity index (χ1) is 11.7. The standard InChI is InChI=1S/C15H22N2O2.C2H2O4/c1-4-17(5-2)12-11-16(3)15(19)14(18)13-9-7-6-8-10-13;3-1(4)2(5)6/h6-10H,4-5,11-12H2,1-3H3;(H,3,4)(H,5,6). The number of ketones is 1. The van der Waals surface area contributed by atoms with Crippen molar-refractivity contribution in [2.24, 2.45) is 0 Å². The van der Waals surface area contributed by atoms with Gasteiger partial charge in [-0.05, 0) is 13.1 Å². The molecule has 0 aliphatic heterocycles. The van der Waals surface area contributed by atoms with Gasteiger partial charge in [-0.3, -0.25) is 9.59 Å². The van der Waals surface area contributed by atoms with Gasteiger partial charge in [0, 0.05) is 25.7 Å². The van der Waals surface area contributed by atoms with Crippen LogP contribution in [0, 0.1) is 0 Å². The van der Waals surface area contributed by atoms with Gasteiger partial charge in [-0.15, -0.1) is 0 Å². The molecule has 0 aliphatic carbocycles. The highest BCUT2D eigenvalue weighted by atomic mass is 16.4. The predicted octanol–water partition coefficient (Wildman–Crippen LogP) is 0.825. The minimum absolute atomic E-state index is 0.442. The number of carbonyl (C=O) groups excluding carboxylic acids is 2. The zero-order chi connectivity index (χ0) is 19.4. The molecule has 138 valence electrons. The van der Waals surface area contributed by atoms with Crippen molar-refractivity contribution < 1.29 is 29.4 Å². The summed E-state index contributed by atoms with van der Waals surface area (Å²) >= 11 is 0. The molecule has 1 aromatic rings. The Hall–Kier alpha value is -2.74. The number of hydrogen-bond donors (Lipinski definition) is 2. The highest BCUT2D eigenvalue weighted by Crippen LogP contribution is 2.02. The van der Waals surface area contributed by atoms with Crippen molar-refractivity contribution in [1.82, 2.24) is 9.80 Å². The van der Waals surface area contributed by atoms with Crippen molar-refractivity contribution in [2.45, 2.75) is 13.8 Å². The summed E-state index contributed by atoms with van der Waals surface area (Å²) in [6.45, 7) is 7.42. The number of carboxylic acids is 2. The third kappa shape index (κ3) is 8.61. The van der Waals surface area contributed by atoms with E-state index in [1.165, 1.54) is 4.90 Å². The van der Waals surface area contributed by atoms with E-state index in [4.69, 9.17) is 19.8 Å². The Morgan fingerprint density at radius 1 is 0.880 bits per heavy atom. The van der Waals surface area contributed by atoms with Crippen LogP contribution in [0.1, 0.15) is 24.2 Å². The molecule has 0 atom stereocenters. The van der Waals surface area contributed by atoms with Crippen LogP contribution in [0.15, 0.2) is 30.3 Å². The molecule has 0 saturated heterocycles. The molecule has 0 unspecified atom stereocenters. The Kier molecular flexibility index (Phi) is 10.5. The number of Topliss-reactive ketones (excluding diaryl/α,β-unsaturated/α-hetero) is 1. The van der Waals surface area contributed by atoms with Gasteiger partial charge in [0.25, 0.3) is 5.91 Å². The van der Waals surface area contributed by atoms with Gasteiger partial charge in [0.15, 0.2) is 0 Å². The fourth-order valence-corrected chi connectivity index (χ4v) is 1.82. The Morgan fingerprint density at radius 3 is 1.76 bits per heavy atom. The monoisotopic (exact) mass is 352 g/mol. The average molecular weight is 352 g/mol. The fraction of sp³-hybridized carbons (Fsp3) is 0.412. The molecule has 2 N–H and O–H groups in total. The molecular formula is C17H24N2O6. The summed E-state index contributed by atoms with van der Waals surface area (Å²) in [5.74, 6) is -4.54. The minimum Gasteiger partial charge on any atom is -0.473 e. The molecule has 25 heavy (non-hydrogen) atoms. The summed E-state index contributed by atoms with van der Waals surface area (Å²) < 4.78 is 0. The first kappa shape index (κ1) is 22.3. The number of carboxylic acid groups (broad SMARTS) is 2. The molecule has 0 spiro atoms. The number of aliphatic carboxylic acids is 2. The summed E-state index contributed by atoms with van der Waals surface area (Å²) in [4.78, 5) is 45.9. The van der Waals surface area contributed by atoms with Crippen LogP contribution in [0.2, 0.25) is 0 Å². The second-order valence-corrected chi connectivity index (χ2v) is 5.06. The Balaban J connectivity index is 0.000000823. The van der Waals surface area contributed by atoms with E-state index < -0.39 is 23.6 Å². The van der Waals surface area contributed by atoms with E-state index in [0.717, 1.165) is 19.6 Å². The van der Waals surface area contributed by atoms with E-state index in [0.29, 0.717) is 12.1 Å². The molecule has 8 heteroatoms. The van der Waals surface area contributed by atoms with Crippen LogP contribution in [-0.2, 0) is 14.4 Å². The number of rotatable bonds is 7. The lowest BCUT2D eigenvalue weighted by Crippen LogP contribution is -2.39. The van der Waals surface area contributed by atoms with Gasteiger partial charge in [-0.1, -0.05) is 44.2 Å². The summed E-state index contributed by atoms with van der Waals surface area (Å²) in [6, 6.07) is 8.68. The van der Waals surface area contributed by atoms with Gasteiger partial charge in [0.2, 0.25) is 5.78 Å². The second kappa shape index (κ2) is 11.7. The topological polar surface area (TPSA) is 115 Å². The van der Waals surface area contributed by atoms with Crippen LogP contribution < -0.4 is 0 Å². The average Bonchev–Trinajstić information content (AvgIpc) is 2.62. The lowest BCUT2D eigenvalue weighted by atomic mass is 10.1. The molecular weight excluding hydrogens is 328 g/mol. The van der Waals surface area contributed by atoms with Crippen LogP contribution in [-0.4, -0.2) is 76.9 Å². The maximum Gasteiger partial charge on any atom is 0.414 e. The Morgan fingerprint density at radius 2 is 1.36 bits per heavy atom. The molecule has 1 amide bonds. The number of hydrogen-bond acceptors (Lipinski definition) is 5. The summed E-state index contributed by atoms with van der Waals surface area (Å²) in [5.41, 5.74) is 0.446. The van der Waals surface area contributed by atoms with Crippen molar-refractivity contribution >= 4 is 23.6 Å². The molecule has 0 saturated carbocycles.